The van der Waals surface area contributed by atoms with Gasteiger partial charge < -0.3 is 15.5 Å². The largest absolute Gasteiger partial charge is 0.459 e. The van der Waals surface area contributed by atoms with Crippen molar-refractivity contribution in [1.29, 1.82) is 0 Å². The summed E-state index contributed by atoms with van der Waals surface area (Å²) in [4.78, 5) is 12.3. The van der Waals surface area contributed by atoms with Crippen LogP contribution in [0.2, 0.25) is 0 Å². The monoisotopic (exact) mass is 372 g/mol. The lowest BCUT2D eigenvalue weighted by Crippen LogP contribution is -2.31. The van der Waals surface area contributed by atoms with Crippen LogP contribution in [0.3, 0.4) is 0 Å². The minimum absolute atomic E-state index is 0. The number of carbonyl (C=O) groups is 1. The Morgan fingerprint density at radius 3 is 2.54 bits per heavy atom. The summed E-state index contributed by atoms with van der Waals surface area (Å²) in [6.45, 7) is 2.76. The molecule has 1 amide bonds. The molecule has 0 bridgehead atoms. The van der Waals surface area contributed by atoms with Crippen molar-refractivity contribution in [1.82, 2.24) is 5.32 Å². The quantitative estimate of drug-likeness (QED) is 0.773. The van der Waals surface area contributed by atoms with Crippen molar-refractivity contribution in [3.63, 3.8) is 0 Å². The molecule has 1 unspecified atom stereocenters. The highest BCUT2D eigenvalue weighted by molar-refractivity contribution is 7.90. The molecule has 0 spiro atoms. The van der Waals surface area contributed by atoms with Gasteiger partial charge in [0.2, 0.25) is 0 Å². The number of benzene rings is 1. The summed E-state index contributed by atoms with van der Waals surface area (Å²) in [5, 5.41) is 2.69. The van der Waals surface area contributed by atoms with Gasteiger partial charge in [0.1, 0.15) is 0 Å². The Kier molecular flexibility index (Phi) is 7.47. The van der Waals surface area contributed by atoms with E-state index in [1.165, 1.54) is 24.5 Å². The van der Waals surface area contributed by atoms with Gasteiger partial charge >= 0.3 is 0 Å². The SMILES string of the molecule is CC(CN)CNC(=O)c1occc1CS(=O)(=O)c1ccccc1.Cl. The number of halogens is 1. The molecule has 24 heavy (non-hydrogen) atoms. The van der Waals surface area contributed by atoms with Crippen molar-refractivity contribution in [2.45, 2.75) is 17.6 Å². The summed E-state index contributed by atoms with van der Waals surface area (Å²) in [5.41, 5.74) is 5.84. The van der Waals surface area contributed by atoms with Crippen LogP contribution < -0.4 is 11.1 Å². The van der Waals surface area contributed by atoms with Gasteiger partial charge in [0.05, 0.1) is 16.9 Å². The van der Waals surface area contributed by atoms with Crippen molar-refractivity contribution in [2.75, 3.05) is 13.1 Å². The molecule has 1 aromatic carbocycles. The molecule has 1 heterocycles. The van der Waals surface area contributed by atoms with Gasteiger partial charge in [0, 0.05) is 12.1 Å². The van der Waals surface area contributed by atoms with E-state index in [4.69, 9.17) is 10.2 Å². The molecule has 132 valence electrons. The molecule has 1 aromatic heterocycles. The van der Waals surface area contributed by atoms with Gasteiger partial charge in [-0.2, -0.15) is 0 Å². The van der Waals surface area contributed by atoms with E-state index in [0.29, 0.717) is 18.7 Å². The number of rotatable bonds is 7. The van der Waals surface area contributed by atoms with Gasteiger partial charge in [-0.25, -0.2) is 8.42 Å². The predicted octanol–water partition coefficient (Wildman–Crippen LogP) is 2.00. The van der Waals surface area contributed by atoms with Crippen LogP contribution in [0, 0.1) is 5.92 Å². The van der Waals surface area contributed by atoms with Gasteiger partial charge in [-0.05, 0) is 30.7 Å². The van der Waals surface area contributed by atoms with Gasteiger partial charge in [-0.1, -0.05) is 25.1 Å². The zero-order chi connectivity index (χ0) is 16.9. The van der Waals surface area contributed by atoms with Crippen LogP contribution in [0.1, 0.15) is 23.0 Å². The maximum absolute atomic E-state index is 12.4. The highest BCUT2D eigenvalue weighted by Gasteiger charge is 2.22. The molecular weight excluding hydrogens is 352 g/mol. The average molecular weight is 373 g/mol. The normalized spacial score (nSPS) is 12.2. The Balaban J connectivity index is 0.00000288. The Morgan fingerprint density at radius 1 is 1.25 bits per heavy atom. The molecule has 0 aliphatic carbocycles. The molecule has 0 aliphatic heterocycles. The summed E-state index contributed by atoms with van der Waals surface area (Å²) in [6.07, 6.45) is 1.32. The first kappa shape index (κ1) is 20.2. The molecule has 0 fully saturated rings. The zero-order valence-corrected chi connectivity index (χ0v) is 14.9. The van der Waals surface area contributed by atoms with E-state index < -0.39 is 15.7 Å². The Bertz CT molecular complexity index is 759. The van der Waals surface area contributed by atoms with Gasteiger partial charge in [-0.3, -0.25) is 4.79 Å². The van der Waals surface area contributed by atoms with Crippen LogP contribution in [-0.4, -0.2) is 27.4 Å². The number of nitrogens with two attached hydrogens (primary N) is 1. The summed E-state index contributed by atoms with van der Waals surface area (Å²) < 4.78 is 30.0. The van der Waals surface area contributed by atoms with Gasteiger partial charge in [0.25, 0.3) is 5.91 Å². The van der Waals surface area contributed by atoms with Crippen molar-refractivity contribution < 1.29 is 17.6 Å². The smallest absolute Gasteiger partial charge is 0.287 e. The molecule has 0 radical (unpaired) electrons. The van der Waals surface area contributed by atoms with Crippen molar-refractivity contribution in [2.24, 2.45) is 11.7 Å². The zero-order valence-electron chi connectivity index (χ0n) is 13.3. The Morgan fingerprint density at radius 2 is 1.92 bits per heavy atom. The van der Waals surface area contributed by atoms with E-state index >= 15 is 0 Å². The number of carbonyl (C=O) groups excluding carboxylic acids is 1. The minimum Gasteiger partial charge on any atom is -0.459 e. The van der Waals surface area contributed by atoms with Gasteiger partial charge in [-0.15, -0.1) is 12.4 Å². The third-order valence-corrected chi connectivity index (χ3v) is 5.10. The molecule has 0 saturated carbocycles. The fraction of sp³-hybridized carbons (Fsp3) is 0.312. The molecule has 0 aliphatic rings. The molecular formula is C16H21ClN2O4S. The standard InChI is InChI=1S/C16H20N2O4S.ClH/c1-12(9-17)10-18-16(19)15-13(7-8-22-15)11-23(20,21)14-5-3-2-4-6-14;/h2-8,12H,9-11,17H2,1H3,(H,18,19);1H. The second kappa shape index (κ2) is 8.86. The van der Waals surface area contributed by atoms with Crippen molar-refractivity contribution in [3.8, 4) is 0 Å². The maximum atomic E-state index is 12.4. The van der Waals surface area contributed by atoms with E-state index in [0.717, 1.165) is 0 Å². The lowest BCUT2D eigenvalue weighted by Gasteiger charge is -2.10. The summed E-state index contributed by atoms with van der Waals surface area (Å²) in [6, 6.07) is 9.61. The molecule has 6 nitrogen and oxygen atoms in total. The molecule has 8 heteroatoms. The Hall–Kier alpha value is -1.83. The topological polar surface area (TPSA) is 102 Å². The average Bonchev–Trinajstić information content (AvgIpc) is 3.00. The number of hydrogen-bond donors (Lipinski definition) is 2. The summed E-state index contributed by atoms with van der Waals surface area (Å²) >= 11 is 0. The van der Waals surface area contributed by atoms with Crippen LogP contribution in [0.15, 0.2) is 52.0 Å². The molecule has 2 rings (SSSR count). The van der Waals surface area contributed by atoms with Crippen LogP contribution in [-0.2, 0) is 15.6 Å². The lowest BCUT2D eigenvalue weighted by molar-refractivity contribution is 0.0920. The highest BCUT2D eigenvalue weighted by Crippen LogP contribution is 2.19. The third kappa shape index (κ3) is 5.09. The van der Waals surface area contributed by atoms with Crippen LogP contribution in [0.25, 0.3) is 0 Å². The maximum Gasteiger partial charge on any atom is 0.287 e. The molecule has 1 atom stereocenters. The first-order chi connectivity index (χ1) is 10.9. The first-order valence-corrected chi connectivity index (χ1v) is 8.91. The minimum atomic E-state index is -3.54. The second-order valence-corrected chi connectivity index (χ2v) is 7.39. The molecule has 0 saturated heterocycles. The van der Waals surface area contributed by atoms with Crippen LogP contribution in [0.4, 0.5) is 0 Å². The molecule has 3 N–H and O–H groups in total. The van der Waals surface area contributed by atoms with E-state index in [1.807, 2.05) is 6.92 Å². The van der Waals surface area contributed by atoms with E-state index in [2.05, 4.69) is 5.32 Å². The fourth-order valence-electron chi connectivity index (χ4n) is 1.99. The van der Waals surface area contributed by atoms with Crippen molar-refractivity contribution in [3.05, 3.63) is 54.0 Å². The Labute approximate surface area is 147 Å². The number of nitrogens with one attached hydrogen (secondary N) is 1. The van der Waals surface area contributed by atoms with Gasteiger partial charge in [0.15, 0.2) is 15.6 Å². The van der Waals surface area contributed by atoms with Crippen molar-refractivity contribution >= 4 is 28.2 Å². The number of sulfone groups is 1. The van der Waals surface area contributed by atoms with E-state index in [9.17, 15) is 13.2 Å². The predicted molar refractivity (Wildman–Crippen MR) is 93.8 cm³/mol. The summed E-state index contributed by atoms with van der Waals surface area (Å²) in [7, 11) is -3.54. The highest BCUT2D eigenvalue weighted by atomic mass is 35.5. The van der Waals surface area contributed by atoms with Crippen LogP contribution >= 0.6 is 12.4 Å². The van der Waals surface area contributed by atoms with E-state index in [-0.39, 0.29) is 34.7 Å². The van der Waals surface area contributed by atoms with Crippen LogP contribution in [0.5, 0.6) is 0 Å². The third-order valence-electron chi connectivity index (χ3n) is 3.41. The molecule has 2 aromatic rings. The number of hydrogen-bond acceptors (Lipinski definition) is 5. The second-order valence-electron chi connectivity index (χ2n) is 5.40. The fourth-order valence-corrected chi connectivity index (χ4v) is 3.37. The number of furan rings is 1. The van der Waals surface area contributed by atoms with E-state index in [1.54, 1.807) is 18.2 Å². The first-order valence-electron chi connectivity index (χ1n) is 7.26. The number of amides is 1. The lowest BCUT2D eigenvalue weighted by atomic mass is 10.2. The summed E-state index contributed by atoms with van der Waals surface area (Å²) in [5.74, 6) is -0.574.